The predicted molar refractivity (Wildman–Crippen MR) is 42.4 cm³/mol. The normalized spacial score (nSPS) is 10.4. The third-order valence-corrected chi connectivity index (χ3v) is 1.43. The topological polar surface area (TPSA) is 34.4 Å². The molecule has 1 aromatic rings. The summed E-state index contributed by atoms with van der Waals surface area (Å²) in [5.74, 6) is 0.838. The van der Waals surface area contributed by atoms with Crippen molar-refractivity contribution < 1.29 is 9.25 Å². The number of furan rings is 1. The molecule has 0 aromatic carbocycles. The van der Waals surface area contributed by atoms with Crippen LogP contribution in [-0.4, -0.2) is 13.7 Å². The fourth-order valence-electron chi connectivity index (χ4n) is 0.740. The molecule has 11 heavy (non-hydrogen) atoms. The first-order valence-electron chi connectivity index (χ1n) is 3.35. The summed E-state index contributed by atoms with van der Waals surface area (Å²) in [6.07, 6.45) is 0.730. The van der Waals surface area contributed by atoms with Crippen LogP contribution < -0.4 is 5.48 Å². The minimum absolute atomic E-state index is 0.421. The average Bonchev–Trinajstić information content (AvgIpc) is 2.37. The molecule has 0 radical (unpaired) electrons. The Morgan fingerprint density at radius 2 is 2.45 bits per heavy atom. The molecule has 3 nitrogen and oxygen atoms in total. The lowest BCUT2D eigenvalue weighted by Gasteiger charge is -1.97. The molecule has 0 bridgehead atoms. The van der Waals surface area contributed by atoms with Crippen LogP contribution in [0.4, 0.5) is 0 Å². The van der Waals surface area contributed by atoms with Gasteiger partial charge >= 0.3 is 0 Å². The molecule has 0 aliphatic carbocycles. The summed E-state index contributed by atoms with van der Waals surface area (Å²) in [6, 6.07) is 3.55. The van der Waals surface area contributed by atoms with Crippen LogP contribution in [0.1, 0.15) is 5.76 Å². The second-order valence-corrected chi connectivity index (χ2v) is 2.38. The van der Waals surface area contributed by atoms with Gasteiger partial charge in [0.25, 0.3) is 0 Å². The minimum Gasteiger partial charge on any atom is -0.450 e. The minimum atomic E-state index is 0.421. The fraction of sp³-hybridized carbons (Fsp3) is 0.429. The first kappa shape index (κ1) is 8.59. The van der Waals surface area contributed by atoms with E-state index in [-0.39, 0.29) is 0 Å². The highest BCUT2D eigenvalue weighted by Gasteiger charge is 1.98. The molecule has 1 N–H and O–H groups in total. The average molecular weight is 176 g/mol. The summed E-state index contributed by atoms with van der Waals surface area (Å²) in [5.41, 5.74) is 2.57. The maximum absolute atomic E-state index is 5.55. The van der Waals surface area contributed by atoms with Crippen molar-refractivity contribution in [2.24, 2.45) is 0 Å². The van der Waals surface area contributed by atoms with Gasteiger partial charge in [0.05, 0.1) is 6.61 Å². The molecular formula is C7H10ClNO2. The largest absolute Gasteiger partial charge is 0.450 e. The molecular weight excluding hydrogens is 166 g/mol. The van der Waals surface area contributed by atoms with Gasteiger partial charge in [-0.3, -0.25) is 0 Å². The quantitative estimate of drug-likeness (QED) is 0.558. The Hall–Kier alpha value is -0.510. The number of hydroxylamine groups is 1. The smallest absolute Gasteiger partial charge is 0.193 e. The molecule has 0 saturated heterocycles. The number of halogens is 1. The van der Waals surface area contributed by atoms with E-state index in [9.17, 15) is 0 Å². The summed E-state index contributed by atoms with van der Waals surface area (Å²) in [7, 11) is 1.72. The third kappa shape index (κ3) is 2.93. The van der Waals surface area contributed by atoms with Crippen molar-refractivity contribution in [2.75, 3.05) is 13.7 Å². The van der Waals surface area contributed by atoms with Crippen molar-refractivity contribution in [1.29, 1.82) is 0 Å². The lowest BCUT2D eigenvalue weighted by atomic mass is 10.3. The second-order valence-electron chi connectivity index (χ2n) is 2.01. The molecule has 0 fully saturated rings. The van der Waals surface area contributed by atoms with Crippen molar-refractivity contribution in [3.8, 4) is 0 Å². The van der Waals surface area contributed by atoms with Crippen LogP contribution in [0, 0.1) is 0 Å². The van der Waals surface area contributed by atoms with Gasteiger partial charge in [-0.1, -0.05) is 0 Å². The van der Waals surface area contributed by atoms with Crippen molar-refractivity contribution in [3.05, 3.63) is 23.1 Å². The van der Waals surface area contributed by atoms with Gasteiger partial charge in [0.1, 0.15) is 5.76 Å². The molecule has 0 aliphatic rings. The van der Waals surface area contributed by atoms with Crippen molar-refractivity contribution in [3.63, 3.8) is 0 Å². The highest BCUT2D eigenvalue weighted by atomic mass is 35.5. The van der Waals surface area contributed by atoms with Gasteiger partial charge in [0, 0.05) is 13.5 Å². The number of hydrogen-bond donors (Lipinski definition) is 1. The Morgan fingerprint density at radius 1 is 1.64 bits per heavy atom. The Balaban J connectivity index is 2.27. The van der Waals surface area contributed by atoms with E-state index in [0.717, 1.165) is 12.2 Å². The molecule has 62 valence electrons. The molecule has 1 aromatic heterocycles. The maximum atomic E-state index is 5.55. The lowest BCUT2D eigenvalue weighted by molar-refractivity contribution is 0.0581. The van der Waals surface area contributed by atoms with Crippen LogP contribution in [0.3, 0.4) is 0 Å². The van der Waals surface area contributed by atoms with Crippen LogP contribution in [0.5, 0.6) is 0 Å². The zero-order chi connectivity index (χ0) is 8.10. The van der Waals surface area contributed by atoms with Gasteiger partial charge in [-0.2, -0.15) is 0 Å². The van der Waals surface area contributed by atoms with Gasteiger partial charge in [-0.25, -0.2) is 5.48 Å². The highest BCUT2D eigenvalue weighted by Crippen LogP contribution is 2.13. The molecule has 1 heterocycles. The van der Waals surface area contributed by atoms with E-state index in [1.165, 1.54) is 0 Å². The molecule has 1 rings (SSSR count). The Kier molecular flexibility index (Phi) is 3.42. The predicted octanol–water partition coefficient (Wildman–Crippen LogP) is 1.63. The highest BCUT2D eigenvalue weighted by molar-refractivity contribution is 6.28. The zero-order valence-electron chi connectivity index (χ0n) is 6.26. The monoisotopic (exact) mass is 175 g/mol. The Morgan fingerprint density at radius 3 is 3.00 bits per heavy atom. The van der Waals surface area contributed by atoms with Gasteiger partial charge in [0.2, 0.25) is 0 Å². The molecule has 0 spiro atoms. The van der Waals surface area contributed by atoms with Gasteiger partial charge < -0.3 is 9.25 Å². The molecule has 0 amide bonds. The summed E-state index contributed by atoms with van der Waals surface area (Å²) in [5, 5.41) is 0.421. The van der Waals surface area contributed by atoms with E-state index in [4.69, 9.17) is 20.9 Å². The van der Waals surface area contributed by atoms with E-state index in [1.807, 2.05) is 6.07 Å². The summed E-state index contributed by atoms with van der Waals surface area (Å²) < 4.78 is 5.09. The Bertz CT molecular complexity index is 212. The van der Waals surface area contributed by atoms with Crippen LogP contribution in [0.25, 0.3) is 0 Å². The van der Waals surface area contributed by atoms with E-state index in [1.54, 1.807) is 13.1 Å². The van der Waals surface area contributed by atoms with Gasteiger partial charge in [0.15, 0.2) is 5.22 Å². The first-order chi connectivity index (χ1) is 5.33. The SMILES string of the molecule is CNOCCc1ccc(Cl)o1. The summed E-state index contributed by atoms with van der Waals surface area (Å²) in [6.45, 7) is 0.584. The lowest BCUT2D eigenvalue weighted by Crippen LogP contribution is -2.09. The van der Waals surface area contributed by atoms with E-state index in [2.05, 4.69) is 5.48 Å². The van der Waals surface area contributed by atoms with Crippen LogP contribution >= 0.6 is 11.6 Å². The van der Waals surface area contributed by atoms with E-state index < -0.39 is 0 Å². The zero-order valence-corrected chi connectivity index (χ0v) is 7.02. The van der Waals surface area contributed by atoms with E-state index >= 15 is 0 Å². The second kappa shape index (κ2) is 4.38. The molecule has 0 saturated carbocycles. The van der Waals surface area contributed by atoms with Crippen molar-refractivity contribution in [2.45, 2.75) is 6.42 Å². The van der Waals surface area contributed by atoms with Crippen LogP contribution in [0.2, 0.25) is 5.22 Å². The van der Waals surface area contributed by atoms with Gasteiger partial charge in [-0.05, 0) is 23.7 Å². The molecule has 4 heteroatoms. The first-order valence-corrected chi connectivity index (χ1v) is 3.73. The number of nitrogens with one attached hydrogen (secondary N) is 1. The van der Waals surface area contributed by atoms with Crippen molar-refractivity contribution >= 4 is 11.6 Å². The maximum Gasteiger partial charge on any atom is 0.193 e. The molecule has 0 atom stereocenters. The van der Waals surface area contributed by atoms with Crippen LogP contribution in [0.15, 0.2) is 16.5 Å². The standard InChI is InChI=1S/C7H10ClNO2/c1-9-10-5-4-6-2-3-7(8)11-6/h2-3,9H,4-5H2,1H3. The van der Waals surface area contributed by atoms with Crippen LogP contribution in [-0.2, 0) is 11.3 Å². The summed E-state index contributed by atoms with van der Waals surface area (Å²) >= 11 is 5.55. The van der Waals surface area contributed by atoms with E-state index in [0.29, 0.717) is 11.8 Å². The number of hydrogen-bond acceptors (Lipinski definition) is 3. The van der Waals surface area contributed by atoms with Crippen molar-refractivity contribution in [1.82, 2.24) is 5.48 Å². The number of rotatable bonds is 4. The molecule has 0 unspecified atom stereocenters. The summed E-state index contributed by atoms with van der Waals surface area (Å²) in [4.78, 5) is 4.89. The third-order valence-electron chi connectivity index (χ3n) is 1.22. The Labute approximate surface area is 70.2 Å². The molecule has 0 aliphatic heterocycles. The fourth-order valence-corrected chi connectivity index (χ4v) is 0.902. The van der Waals surface area contributed by atoms with Gasteiger partial charge in [-0.15, -0.1) is 0 Å².